The van der Waals surface area contributed by atoms with Crippen LogP contribution in [0.5, 0.6) is 11.5 Å². The van der Waals surface area contributed by atoms with Crippen LogP contribution in [0.3, 0.4) is 0 Å². The Morgan fingerprint density at radius 1 is 1.35 bits per heavy atom. The molecule has 1 saturated carbocycles. The van der Waals surface area contributed by atoms with E-state index in [0.717, 1.165) is 29.5 Å². The van der Waals surface area contributed by atoms with E-state index in [1.807, 2.05) is 23.1 Å². The van der Waals surface area contributed by atoms with E-state index < -0.39 is 0 Å². The summed E-state index contributed by atoms with van der Waals surface area (Å²) >= 11 is 0. The SMILES string of the molecule is COCCN(Cc1ccc2c(c1)OCO2)C(=O)CNCC1CC1. The zero-order valence-electron chi connectivity index (χ0n) is 13.5. The van der Waals surface area contributed by atoms with Gasteiger partial charge in [0.2, 0.25) is 12.7 Å². The summed E-state index contributed by atoms with van der Waals surface area (Å²) < 4.78 is 15.8. The largest absolute Gasteiger partial charge is 0.454 e. The topological polar surface area (TPSA) is 60.0 Å². The first-order chi connectivity index (χ1) is 11.3. The molecule has 1 aromatic rings. The first-order valence-electron chi connectivity index (χ1n) is 8.12. The average Bonchev–Trinajstić information content (AvgIpc) is 3.26. The van der Waals surface area contributed by atoms with Gasteiger partial charge in [0.25, 0.3) is 0 Å². The Kier molecular flexibility index (Phi) is 5.35. The Hall–Kier alpha value is -1.79. The Labute approximate surface area is 136 Å². The highest BCUT2D eigenvalue weighted by Crippen LogP contribution is 2.32. The van der Waals surface area contributed by atoms with Gasteiger partial charge in [-0.1, -0.05) is 6.07 Å². The number of carbonyl (C=O) groups excluding carboxylic acids is 1. The maximum absolute atomic E-state index is 12.4. The van der Waals surface area contributed by atoms with Gasteiger partial charge in [0, 0.05) is 20.2 Å². The average molecular weight is 320 g/mol. The predicted molar refractivity (Wildman–Crippen MR) is 85.5 cm³/mol. The van der Waals surface area contributed by atoms with Gasteiger partial charge in [-0.2, -0.15) is 0 Å². The second kappa shape index (κ2) is 7.66. The molecule has 0 bridgehead atoms. The maximum atomic E-state index is 12.4. The number of fused-ring (bicyclic) bond motifs is 1. The minimum atomic E-state index is 0.0976. The van der Waals surface area contributed by atoms with Crippen LogP contribution in [0.2, 0.25) is 0 Å². The molecule has 6 nitrogen and oxygen atoms in total. The summed E-state index contributed by atoms with van der Waals surface area (Å²) in [5, 5.41) is 3.25. The molecule has 2 aliphatic rings. The fourth-order valence-electron chi connectivity index (χ4n) is 2.57. The number of hydrogen-bond acceptors (Lipinski definition) is 5. The molecular weight excluding hydrogens is 296 g/mol. The molecule has 0 atom stereocenters. The number of carbonyl (C=O) groups is 1. The quantitative estimate of drug-likeness (QED) is 0.745. The van der Waals surface area contributed by atoms with Gasteiger partial charge in [0.05, 0.1) is 13.2 Å². The highest BCUT2D eigenvalue weighted by Gasteiger charge is 2.22. The monoisotopic (exact) mass is 320 g/mol. The van der Waals surface area contributed by atoms with Crippen LogP contribution in [0, 0.1) is 5.92 Å². The molecule has 23 heavy (non-hydrogen) atoms. The van der Waals surface area contributed by atoms with Gasteiger partial charge in [0.1, 0.15) is 0 Å². The van der Waals surface area contributed by atoms with Crippen LogP contribution in [0.1, 0.15) is 18.4 Å². The molecule has 126 valence electrons. The third kappa shape index (κ3) is 4.59. The Morgan fingerprint density at radius 3 is 2.96 bits per heavy atom. The molecule has 1 aromatic carbocycles. The van der Waals surface area contributed by atoms with Crippen LogP contribution in [0.15, 0.2) is 18.2 Å². The Morgan fingerprint density at radius 2 is 2.17 bits per heavy atom. The van der Waals surface area contributed by atoms with Crippen LogP contribution < -0.4 is 14.8 Å². The van der Waals surface area contributed by atoms with Crippen molar-refractivity contribution in [2.24, 2.45) is 5.92 Å². The van der Waals surface area contributed by atoms with Gasteiger partial charge in [0.15, 0.2) is 11.5 Å². The molecule has 1 heterocycles. The normalized spacial score (nSPS) is 15.7. The summed E-state index contributed by atoms with van der Waals surface area (Å²) in [7, 11) is 1.65. The standard InChI is InChI=1S/C17H24N2O4/c1-21-7-6-19(17(20)10-18-9-13-2-3-13)11-14-4-5-15-16(8-14)23-12-22-15/h4-5,8,13,18H,2-3,6-7,9-12H2,1H3. The molecule has 0 unspecified atom stereocenters. The molecule has 1 aliphatic carbocycles. The summed E-state index contributed by atoms with van der Waals surface area (Å²) in [6.45, 7) is 3.23. The summed E-state index contributed by atoms with van der Waals surface area (Å²) in [5.41, 5.74) is 1.03. The van der Waals surface area contributed by atoms with Gasteiger partial charge in [-0.15, -0.1) is 0 Å². The van der Waals surface area contributed by atoms with Gasteiger partial charge in [-0.05, 0) is 43.0 Å². The lowest BCUT2D eigenvalue weighted by atomic mass is 10.2. The first kappa shape index (κ1) is 16.1. The van der Waals surface area contributed by atoms with Crippen LogP contribution in [0.4, 0.5) is 0 Å². The Balaban J connectivity index is 1.57. The smallest absolute Gasteiger partial charge is 0.236 e. The lowest BCUT2D eigenvalue weighted by molar-refractivity contribution is -0.131. The third-order valence-corrected chi connectivity index (χ3v) is 4.13. The molecule has 0 spiro atoms. The van der Waals surface area contributed by atoms with Crippen molar-refractivity contribution in [3.63, 3.8) is 0 Å². The van der Waals surface area contributed by atoms with Gasteiger partial charge >= 0.3 is 0 Å². The minimum Gasteiger partial charge on any atom is -0.454 e. The van der Waals surface area contributed by atoms with Crippen molar-refractivity contribution in [2.45, 2.75) is 19.4 Å². The minimum absolute atomic E-state index is 0.0976. The zero-order valence-corrected chi connectivity index (χ0v) is 13.5. The van der Waals surface area contributed by atoms with E-state index in [1.165, 1.54) is 12.8 Å². The summed E-state index contributed by atoms with van der Waals surface area (Å²) in [4.78, 5) is 14.3. The van der Waals surface area contributed by atoms with Crippen molar-refractivity contribution in [1.29, 1.82) is 0 Å². The van der Waals surface area contributed by atoms with E-state index in [4.69, 9.17) is 14.2 Å². The number of amides is 1. The van der Waals surface area contributed by atoms with Gasteiger partial charge in [-0.3, -0.25) is 4.79 Å². The molecular formula is C17H24N2O4. The number of ether oxygens (including phenoxy) is 3. The van der Waals surface area contributed by atoms with E-state index in [2.05, 4.69) is 5.32 Å². The van der Waals surface area contributed by atoms with Gasteiger partial charge in [-0.25, -0.2) is 0 Å². The number of nitrogens with one attached hydrogen (secondary N) is 1. The highest BCUT2D eigenvalue weighted by atomic mass is 16.7. The van der Waals surface area contributed by atoms with Crippen LogP contribution >= 0.6 is 0 Å². The summed E-state index contributed by atoms with van der Waals surface area (Å²) in [6.07, 6.45) is 2.57. The number of methoxy groups -OCH3 is 1. The van der Waals surface area contributed by atoms with Crippen molar-refractivity contribution in [1.82, 2.24) is 10.2 Å². The second-order valence-corrected chi connectivity index (χ2v) is 6.07. The third-order valence-electron chi connectivity index (χ3n) is 4.13. The molecule has 3 rings (SSSR count). The van der Waals surface area contributed by atoms with E-state index in [9.17, 15) is 4.79 Å². The lowest BCUT2D eigenvalue weighted by Crippen LogP contribution is -2.40. The molecule has 1 amide bonds. The zero-order chi connectivity index (χ0) is 16.1. The molecule has 0 radical (unpaired) electrons. The predicted octanol–water partition coefficient (Wildman–Crippen LogP) is 1.39. The number of rotatable bonds is 9. The second-order valence-electron chi connectivity index (χ2n) is 6.07. The van der Waals surface area contributed by atoms with Crippen molar-refractivity contribution in [3.05, 3.63) is 23.8 Å². The number of nitrogens with zero attached hydrogens (tertiary/aromatic N) is 1. The van der Waals surface area contributed by atoms with Crippen molar-refractivity contribution in [3.8, 4) is 11.5 Å². The molecule has 1 N–H and O–H groups in total. The summed E-state index contributed by atoms with van der Waals surface area (Å²) in [6, 6.07) is 5.80. The molecule has 0 aromatic heterocycles. The first-order valence-corrected chi connectivity index (χ1v) is 8.12. The van der Waals surface area contributed by atoms with Crippen molar-refractivity contribution in [2.75, 3.05) is 40.1 Å². The molecule has 0 saturated heterocycles. The summed E-state index contributed by atoms with van der Waals surface area (Å²) in [5.74, 6) is 2.37. The van der Waals surface area contributed by atoms with E-state index in [1.54, 1.807) is 7.11 Å². The number of hydrogen-bond donors (Lipinski definition) is 1. The molecule has 6 heteroatoms. The lowest BCUT2D eigenvalue weighted by Gasteiger charge is -2.23. The van der Waals surface area contributed by atoms with Crippen molar-refractivity contribution >= 4 is 5.91 Å². The van der Waals surface area contributed by atoms with E-state index in [-0.39, 0.29) is 12.7 Å². The van der Waals surface area contributed by atoms with Crippen LogP contribution in [-0.4, -0.2) is 51.0 Å². The maximum Gasteiger partial charge on any atom is 0.236 e. The van der Waals surface area contributed by atoms with E-state index >= 15 is 0 Å². The number of benzene rings is 1. The molecule has 1 aliphatic heterocycles. The van der Waals surface area contributed by atoms with Crippen LogP contribution in [0.25, 0.3) is 0 Å². The van der Waals surface area contributed by atoms with Crippen LogP contribution in [-0.2, 0) is 16.1 Å². The van der Waals surface area contributed by atoms with Crippen molar-refractivity contribution < 1.29 is 19.0 Å². The van der Waals surface area contributed by atoms with Gasteiger partial charge < -0.3 is 24.4 Å². The molecule has 1 fully saturated rings. The highest BCUT2D eigenvalue weighted by molar-refractivity contribution is 5.78. The fraction of sp³-hybridized carbons (Fsp3) is 0.588. The Bertz CT molecular complexity index is 545. The van der Waals surface area contributed by atoms with E-state index in [0.29, 0.717) is 26.2 Å². The fourth-order valence-corrected chi connectivity index (χ4v) is 2.57.